The normalized spacial score (nSPS) is 10.9. The van der Waals surface area contributed by atoms with E-state index < -0.39 is 0 Å². The number of hydrogen-bond acceptors (Lipinski definition) is 3. The van der Waals surface area contributed by atoms with Gasteiger partial charge in [0.05, 0.1) is 0 Å². The smallest absolute Gasteiger partial charge is 0.110 e. The monoisotopic (exact) mass is 197 g/mol. The Balaban J connectivity index is 2.36. The second-order valence-electron chi connectivity index (χ2n) is 2.56. The van der Waals surface area contributed by atoms with Crippen molar-refractivity contribution in [3.05, 3.63) is 34.9 Å². The van der Waals surface area contributed by atoms with Gasteiger partial charge in [-0.25, -0.2) is 0 Å². The van der Waals surface area contributed by atoms with E-state index in [1.807, 2.05) is 24.3 Å². The largest absolute Gasteiger partial charge is 0.293 e. The SMILES string of the molecule is CN=NCNCc1cccc(Cl)c1. The number of nitrogens with zero attached hydrogens (tertiary/aromatic N) is 2. The van der Waals surface area contributed by atoms with E-state index in [0.717, 1.165) is 17.1 Å². The van der Waals surface area contributed by atoms with Gasteiger partial charge < -0.3 is 0 Å². The Bertz CT molecular complexity index is 286. The number of benzene rings is 1. The zero-order chi connectivity index (χ0) is 9.52. The zero-order valence-electron chi connectivity index (χ0n) is 7.50. The topological polar surface area (TPSA) is 36.8 Å². The maximum absolute atomic E-state index is 5.82. The molecule has 1 rings (SSSR count). The average molecular weight is 198 g/mol. The minimum absolute atomic E-state index is 0.545. The quantitative estimate of drug-likeness (QED) is 0.584. The van der Waals surface area contributed by atoms with E-state index in [4.69, 9.17) is 11.6 Å². The molecule has 0 saturated carbocycles. The van der Waals surface area contributed by atoms with Gasteiger partial charge in [0.15, 0.2) is 0 Å². The van der Waals surface area contributed by atoms with Gasteiger partial charge in [-0.3, -0.25) is 5.32 Å². The summed E-state index contributed by atoms with van der Waals surface area (Å²) in [5.41, 5.74) is 1.15. The molecule has 3 nitrogen and oxygen atoms in total. The highest BCUT2D eigenvalue weighted by Gasteiger charge is 1.92. The van der Waals surface area contributed by atoms with Crippen LogP contribution in [0.4, 0.5) is 0 Å². The lowest BCUT2D eigenvalue weighted by Gasteiger charge is -2.01. The second-order valence-corrected chi connectivity index (χ2v) is 2.99. The van der Waals surface area contributed by atoms with Gasteiger partial charge in [0, 0.05) is 18.6 Å². The molecule has 0 atom stereocenters. The lowest BCUT2D eigenvalue weighted by atomic mass is 10.2. The molecule has 0 radical (unpaired) electrons. The molecule has 0 bridgehead atoms. The first-order chi connectivity index (χ1) is 6.33. The predicted octanol–water partition coefficient (Wildman–Crippen LogP) is 2.47. The molecule has 4 heteroatoms. The van der Waals surface area contributed by atoms with Gasteiger partial charge >= 0.3 is 0 Å². The standard InChI is InChI=1S/C9H12ClN3/c1-11-13-7-12-6-8-3-2-4-9(10)5-8/h2-5,12H,6-7H2,1H3. The van der Waals surface area contributed by atoms with Crippen LogP contribution in [0.15, 0.2) is 34.5 Å². The number of rotatable bonds is 4. The van der Waals surface area contributed by atoms with Crippen molar-refractivity contribution in [2.24, 2.45) is 10.2 Å². The molecule has 0 aliphatic rings. The van der Waals surface area contributed by atoms with Gasteiger partial charge in [-0.15, -0.1) is 0 Å². The van der Waals surface area contributed by atoms with Crippen molar-refractivity contribution >= 4 is 11.6 Å². The third-order valence-electron chi connectivity index (χ3n) is 1.54. The van der Waals surface area contributed by atoms with Gasteiger partial charge in [0.25, 0.3) is 0 Å². The van der Waals surface area contributed by atoms with Crippen molar-refractivity contribution in [2.75, 3.05) is 13.7 Å². The Labute approximate surface area is 82.8 Å². The molecular formula is C9H12ClN3. The van der Waals surface area contributed by atoms with E-state index in [2.05, 4.69) is 15.5 Å². The molecular weight excluding hydrogens is 186 g/mol. The van der Waals surface area contributed by atoms with Crippen LogP contribution in [0.5, 0.6) is 0 Å². The van der Waals surface area contributed by atoms with E-state index in [1.54, 1.807) is 7.05 Å². The first-order valence-electron chi connectivity index (χ1n) is 4.03. The number of azo groups is 1. The molecule has 13 heavy (non-hydrogen) atoms. The fraction of sp³-hybridized carbons (Fsp3) is 0.333. The summed E-state index contributed by atoms with van der Waals surface area (Å²) in [5, 5.41) is 11.3. The summed E-state index contributed by atoms with van der Waals surface area (Å²) in [6.07, 6.45) is 0. The molecule has 0 aliphatic carbocycles. The van der Waals surface area contributed by atoms with Crippen molar-refractivity contribution in [1.82, 2.24) is 5.32 Å². The first-order valence-corrected chi connectivity index (χ1v) is 4.41. The molecule has 0 aliphatic heterocycles. The Morgan fingerprint density at radius 3 is 3.00 bits per heavy atom. The summed E-state index contributed by atoms with van der Waals surface area (Å²) in [6, 6.07) is 7.73. The van der Waals surface area contributed by atoms with E-state index in [0.29, 0.717) is 6.67 Å². The number of hydrogen-bond donors (Lipinski definition) is 1. The molecule has 70 valence electrons. The van der Waals surface area contributed by atoms with Crippen LogP contribution in [0.1, 0.15) is 5.56 Å². The Morgan fingerprint density at radius 2 is 2.31 bits per heavy atom. The van der Waals surface area contributed by atoms with Gasteiger partial charge in [0.1, 0.15) is 6.67 Å². The fourth-order valence-electron chi connectivity index (χ4n) is 0.968. The number of halogens is 1. The summed E-state index contributed by atoms with van der Waals surface area (Å²) in [5.74, 6) is 0. The maximum atomic E-state index is 5.82. The van der Waals surface area contributed by atoms with E-state index >= 15 is 0 Å². The van der Waals surface area contributed by atoms with Crippen LogP contribution in [-0.2, 0) is 6.54 Å². The van der Waals surface area contributed by atoms with Crippen LogP contribution in [0.2, 0.25) is 5.02 Å². The van der Waals surface area contributed by atoms with Crippen molar-refractivity contribution in [3.8, 4) is 0 Å². The fourth-order valence-corrected chi connectivity index (χ4v) is 1.18. The summed E-state index contributed by atoms with van der Waals surface area (Å²) in [6.45, 7) is 1.31. The van der Waals surface area contributed by atoms with Gasteiger partial charge in [-0.2, -0.15) is 10.2 Å². The summed E-state index contributed by atoms with van der Waals surface area (Å²) in [7, 11) is 1.65. The lowest BCUT2D eigenvalue weighted by molar-refractivity contribution is 0.685. The van der Waals surface area contributed by atoms with Crippen LogP contribution in [0.25, 0.3) is 0 Å². The highest BCUT2D eigenvalue weighted by atomic mass is 35.5. The van der Waals surface area contributed by atoms with Gasteiger partial charge in [-0.1, -0.05) is 23.7 Å². The maximum Gasteiger partial charge on any atom is 0.110 e. The van der Waals surface area contributed by atoms with Crippen molar-refractivity contribution in [1.29, 1.82) is 0 Å². The summed E-state index contributed by atoms with van der Waals surface area (Å²) < 4.78 is 0. The minimum Gasteiger partial charge on any atom is -0.293 e. The predicted molar refractivity (Wildman–Crippen MR) is 53.9 cm³/mol. The molecule has 0 amide bonds. The zero-order valence-corrected chi connectivity index (χ0v) is 8.25. The van der Waals surface area contributed by atoms with E-state index in [9.17, 15) is 0 Å². The van der Waals surface area contributed by atoms with Crippen LogP contribution in [0, 0.1) is 0 Å². The molecule has 0 unspecified atom stereocenters. The Morgan fingerprint density at radius 1 is 1.46 bits per heavy atom. The third kappa shape index (κ3) is 4.01. The third-order valence-corrected chi connectivity index (χ3v) is 1.78. The van der Waals surface area contributed by atoms with Crippen LogP contribution >= 0.6 is 11.6 Å². The molecule has 1 N–H and O–H groups in total. The molecule has 0 saturated heterocycles. The molecule has 0 heterocycles. The van der Waals surface area contributed by atoms with E-state index in [-0.39, 0.29) is 0 Å². The highest BCUT2D eigenvalue weighted by Crippen LogP contribution is 2.09. The molecule has 0 fully saturated rings. The lowest BCUT2D eigenvalue weighted by Crippen LogP contribution is -2.12. The van der Waals surface area contributed by atoms with E-state index in [1.165, 1.54) is 0 Å². The Kier molecular flexibility index (Phi) is 4.43. The first kappa shape index (κ1) is 10.2. The van der Waals surface area contributed by atoms with Crippen LogP contribution in [-0.4, -0.2) is 13.7 Å². The Hall–Kier alpha value is -0.930. The summed E-state index contributed by atoms with van der Waals surface area (Å²) in [4.78, 5) is 0. The van der Waals surface area contributed by atoms with Crippen LogP contribution < -0.4 is 5.32 Å². The second kappa shape index (κ2) is 5.67. The average Bonchev–Trinajstić information content (AvgIpc) is 2.13. The highest BCUT2D eigenvalue weighted by molar-refractivity contribution is 6.30. The number of nitrogens with one attached hydrogen (secondary N) is 1. The molecule has 1 aromatic rings. The van der Waals surface area contributed by atoms with Crippen molar-refractivity contribution < 1.29 is 0 Å². The van der Waals surface area contributed by atoms with Gasteiger partial charge in [-0.05, 0) is 17.7 Å². The van der Waals surface area contributed by atoms with Crippen molar-refractivity contribution in [3.63, 3.8) is 0 Å². The molecule has 0 aromatic heterocycles. The van der Waals surface area contributed by atoms with Crippen LogP contribution in [0.3, 0.4) is 0 Å². The van der Waals surface area contributed by atoms with Gasteiger partial charge in [0.2, 0.25) is 0 Å². The minimum atomic E-state index is 0.545. The molecule has 0 spiro atoms. The van der Waals surface area contributed by atoms with Crippen molar-refractivity contribution in [2.45, 2.75) is 6.54 Å². The summed E-state index contributed by atoms with van der Waals surface area (Å²) >= 11 is 5.82. The molecule has 1 aromatic carbocycles.